The van der Waals surface area contributed by atoms with E-state index in [0.29, 0.717) is 54.6 Å². The molecule has 0 radical (unpaired) electrons. The van der Waals surface area contributed by atoms with Crippen LogP contribution in [0.5, 0.6) is 11.5 Å². The number of anilines is 1. The topological polar surface area (TPSA) is 116 Å². The van der Waals surface area contributed by atoms with Crippen LogP contribution in [0.15, 0.2) is 23.1 Å². The van der Waals surface area contributed by atoms with Gasteiger partial charge in [-0.25, -0.2) is 13.2 Å². The molecular formula is C24H31N3O7S. The van der Waals surface area contributed by atoms with E-state index in [-0.39, 0.29) is 42.0 Å². The first-order chi connectivity index (χ1) is 16.6. The number of esters is 1. The molecule has 0 unspecified atom stereocenters. The van der Waals surface area contributed by atoms with Crippen LogP contribution in [0.25, 0.3) is 0 Å². The normalized spacial score (nSPS) is 16.7. The minimum absolute atomic E-state index is 0.0184. The molecule has 4 rings (SSSR count). The average molecular weight is 506 g/mol. The second kappa shape index (κ2) is 9.90. The molecule has 1 aromatic heterocycles. The number of benzene rings is 1. The lowest BCUT2D eigenvalue weighted by molar-refractivity contribution is -0.120. The van der Waals surface area contributed by atoms with Crippen LogP contribution in [-0.2, 0) is 26.6 Å². The van der Waals surface area contributed by atoms with Gasteiger partial charge in [0.05, 0.1) is 6.61 Å². The smallest absolute Gasteiger partial charge is 0.341 e. The van der Waals surface area contributed by atoms with Crippen molar-refractivity contribution in [3.8, 4) is 11.5 Å². The fraction of sp³-hybridized carbons (Fsp3) is 0.500. The third-order valence-corrected chi connectivity index (χ3v) is 8.70. The SMILES string of the molecule is CCOC(=O)c1c(S(=O)(=O)N2CCC(C(=O)Nc3ccc4c(c3)OCCO4)CC2)c(C)n(C)c1C. The van der Waals surface area contributed by atoms with Crippen LogP contribution in [0, 0.1) is 19.8 Å². The van der Waals surface area contributed by atoms with Crippen molar-refractivity contribution >= 4 is 27.6 Å². The highest BCUT2D eigenvalue weighted by atomic mass is 32.2. The molecule has 0 saturated carbocycles. The van der Waals surface area contributed by atoms with Crippen LogP contribution < -0.4 is 14.8 Å². The van der Waals surface area contributed by atoms with Crippen molar-refractivity contribution < 1.29 is 32.2 Å². The highest BCUT2D eigenvalue weighted by Crippen LogP contribution is 2.34. The van der Waals surface area contributed by atoms with Crippen molar-refractivity contribution in [1.29, 1.82) is 0 Å². The molecule has 11 heteroatoms. The second-order valence-electron chi connectivity index (χ2n) is 8.68. The Morgan fingerprint density at radius 1 is 1.09 bits per heavy atom. The molecule has 3 heterocycles. The lowest BCUT2D eigenvalue weighted by Gasteiger charge is -2.31. The molecule has 0 aliphatic carbocycles. The predicted molar refractivity (Wildman–Crippen MR) is 128 cm³/mol. The Bertz CT molecular complexity index is 1240. The monoisotopic (exact) mass is 505 g/mol. The van der Waals surface area contributed by atoms with Crippen LogP contribution in [0.4, 0.5) is 5.69 Å². The van der Waals surface area contributed by atoms with Crippen molar-refractivity contribution in [2.45, 2.75) is 38.5 Å². The number of carbonyl (C=O) groups excluding carboxylic acids is 2. The van der Waals surface area contributed by atoms with Gasteiger partial charge < -0.3 is 24.1 Å². The van der Waals surface area contributed by atoms with Gasteiger partial charge in [0.15, 0.2) is 11.5 Å². The van der Waals surface area contributed by atoms with Crippen LogP contribution in [-0.4, -0.2) is 62.1 Å². The number of amides is 1. The van der Waals surface area contributed by atoms with E-state index in [1.165, 1.54) is 4.31 Å². The molecule has 1 saturated heterocycles. The summed E-state index contributed by atoms with van der Waals surface area (Å²) < 4.78 is 46.4. The molecule has 1 fully saturated rings. The molecule has 2 aliphatic rings. The molecule has 2 aromatic rings. The van der Waals surface area contributed by atoms with Crippen LogP contribution in [0.1, 0.15) is 41.5 Å². The van der Waals surface area contributed by atoms with Crippen LogP contribution in [0.3, 0.4) is 0 Å². The molecule has 190 valence electrons. The van der Waals surface area contributed by atoms with Gasteiger partial charge in [0.25, 0.3) is 0 Å². The number of hydrogen-bond acceptors (Lipinski definition) is 7. The summed E-state index contributed by atoms with van der Waals surface area (Å²) in [5, 5.41) is 2.90. The average Bonchev–Trinajstić information content (AvgIpc) is 3.08. The van der Waals surface area contributed by atoms with Gasteiger partial charge in [-0.05, 0) is 45.7 Å². The van der Waals surface area contributed by atoms with Gasteiger partial charge in [0, 0.05) is 49.2 Å². The number of ether oxygens (including phenoxy) is 3. The number of piperidine rings is 1. The van der Waals surface area contributed by atoms with E-state index in [1.807, 2.05) is 0 Å². The molecule has 10 nitrogen and oxygen atoms in total. The lowest BCUT2D eigenvalue weighted by atomic mass is 9.97. The second-order valence-corrected chi connectivity index (χ2v) is 10.6. The molecule has 1 N–H and O–H groups in total. The van der Waals surface area contributed by atoms with Gasteiger partial charge in [-0.1, -0.05) is 0 Å². The lowest BCUT2D eigenvalue weighted by Crippen LogP contribution is -2.42. The molecule has 2 aliphatic heterocycles. The number of nitrogens with zero attached hydrogens (tertiary/aromatic N) is 2. The third kappa shape index (κ3) is 4.74. The zero-order chi connectivity index (χ0) is 25.3. The first kappa shape index (κ1) is 25.1. The highest BCUT2D eigenvalue weighted by molar-refractivity contribution is 7.89. The van der Waals surface area contributed by atoms with E-state index in [1.54, 1.807) is 50.6 Å². The first-order valence-electron chi connectivity index (χ1n) is 11.7. The zero-order valence-electron chi connectivity index (χ0n) is 20.4. The van der Waals surface area contributed by atoms with Crippen molar-refractivity contribution in [2.75, 3.05) is 38.2 Å². The summed E-state index contributed by atoms with van der Waals surface area (Å²) in [6.45, 7) is 6.50. The van der Waals surface area contributed by atoms with Crippen molar-refractivity contribution in [2.24, 2.45) is 13.0 Å². The largest absolute Gasteiger partial charge is 0.486 e. The molecule has 1 aromatic carbocycles. The van der Waals surface area contributed by atoms with Crippen molar-refractivity contribution in [1.82, 2.24) is 8.87 Å². The Morgan fingerprint density at radius 3 is 2.40 bits per heavy atom. The van der Waals surface area contributed by atoms with E-state index >= 15 is 0 Å². The van der Waals surface area contributed by atoms with E-state index in [9.17, 15) is 18.0 Å². The van der Waals surface area contributed by atoms with Crippen LogP contribution >= 0.6 is 0 Å². The number of sulfonamides is 1. The van der Waals surface area contributed by atoms with Crippen molar-refractivity contribution in [3.63, 3.8) is 0 Å². The first-order valence-corrected chi connectivity index (χ1v) is 13.1. The van der Waals surface area contributed by atoms with Gasteiger partial charge in [0.2, 0.25) is 15.9 Å². The van der Waals surface area contributed by atoms with Gasteiger partial charge in [-0.3, -0.25) is 4.79 Å². The van der Waals surface area contributed by atoms with E-state index in [2.05, 4.69) is 5.32 Å². The number of aromatic nitrogens is 1. The van der Waals surface area contributed by atoms with Gasteiger partial charge in [-0.2, -0.15) is 4.31 Å². The number of nitrogens with one attached hydrogen (secondary N) is 1. The predicted octanol–water partition coefficient (Wildman–Crippen LogP) is 2.63. The van der Waals surface area contributed by atoms with Crippen LogP contribution in [0.2, 0.25) is 0 Å². The summed E-state index contributed by atoms with van der Waals surface area (Å²) in [7, 11) is -2.23. The quantitative estimate of drug-likeness (QED) is 0.600. The molecular weight excluding hydrogens is 474 g/mol. The number of rotatable bonds is 6. The summed E-state index contributed by atoms with van der Waals surface area (Å²) in [6.07, 6.45) is 0.741. The summed E-state index contributed by atoms with van der Waals surface area (Å²) in [5.41, 5.74) is 1.69. The summed E-state index contributed by atoms with van der Waals surface area (Å²) in [6, 6.07) is 5.23. The molecule has 0 bridgehead atoms. The fourth-order valence-electron chi connectivity index (χ4n) is 4.53. The maximum Gasteiger partial charge on any atom is 0.341 e. The Hall–Kier alpha value is -3.05. The van der Waals surface area contributed by atoms with E-state index in [0.717, 1.165) is 0 Å². The fourth-order valence-corrected chi connectivity index (χ4v) is 6.48. The highest BCUT2D eigenvalue weighted by Gasteiger charge is 2.38. The minimum atomic E-state index is -3.96. The van der Waals surface area contributed by atoms with Gasteiger partial charge in [-0.15, -0.1) is 0 Å². The zero-order valence-corrected chi connectivity index (χ0v) is 21.2. The Kier molecular flexibility index (Phi) is 7.09. The Labute approximate surface area is 205 Å². The van der Waals surface area contributed by atoms with Gasteiger partial charge >= 0.3 is 5.97 Å². The molecule has 35 heavy (non-hydrogen) atoms. The van der Waals surface area contributed by atoms with E-state index < -0.39 is 16.0 Å². The molecule has 0 spiro atoms. The summed E-state index contributed by atoms with van der Waals surface area (Å²) in [5.74, 6) is 0.0683. The number of fused-ring (bicyclic) bond motifs is 1. The third-order valence-electron chi connectivity index (χ3n) is 6.64. The Morgan fingerprint density at radius 2 is 1.74 bits per heavy atom. The summed E-state index contributed by atoms with van der Waals surface area (Å²) >= 11 is 0. The van der Waals surface area contributed by atoms with Crippen molar-refractivity contribution in [3.05, 3.63) is 35.2 Å². The standard InChI is InChI=1S/C24H31N3O7S/c1-5-32-24(29)21-15(2)26(4)16(3)22(21)35(30,31)27-10-8-17(9-11-27)23(28)25-18-6-7-19-20(14-18)34-13-12-33-19/h6-7,14,17H,5,8-13H2,1-4H3,(H,25,28). The van der Waals surface area contributed by atoms with Gasteiger partial charge in [0.1, 0.15) is 23.7 Å². The molecule has 0 atom stereocenters. The maximum absolute atomic E-state index is 13.6. The maximum atomic E-state index is 13.6. The molecule has 1 amide bonds. The minimum Gasteiger partial charge on any atom is -0.486 e. The number of hydrogen-bond donors (Lipinski definition) is 1. The summed E-state index contributed by atoms with van der Waals surface area (Å²) in [4.78, 5) is 25.4. The number of carbonyl (C=O) groups is 2. The van der Waals surface area contributed by atoms with E-state index in [4.69, 9.17) is 14.2 Å². The Balaban J connectivity index is 1.46.